The van der Waals surface area contributed by atoms with Gasteiger partial charge in [-0.3, -0.25) is 0 Å². The number of nitrogens with two attached hydrogens (primary N) is 1. The van der Waals surface area contributed by atoms with Gasteiger partial charge in [-0.25, -0.2) is 4.98 Å². The van der Waals surface area contributed by atoms with Crippen LogP contribution in [-0.2, 0) is 13.0 Å². The highest BCUT2D eigenvalue weighted by molar-refractivity contribution is 5.36. The zero-order valence-corrected chi connectivity index (χ0v) is 9.89. The third kappa shape index (κ3) is 2.11. The molecule has 1 aromatic rings. The maximum Gasteiger partial charge on any atom is 0.206 e. The van der Waals surface area contributed by atoms with Crippen molar-refractivity contribution in [2.24, 2.45) is 5.73 Å². The van der Waals surface area contributed by atoms with Crippen LogP contribution in [0.5, 0.6) is 0 Å². The monoisotopic (exact) mass is 220 g/mol. The van der Waals surface area contributed by atoms with Gasteiger partial charge < -0.3 is 15.2 Å². The second-order valence-corrected chi connectivity index (χ2v) is 4.32. The molecule has 1 saturated heterocycles. The summed E-state index contributed by atoms with van der Waals surface area (Å²) in [7, 11) is 0. The Kier molecular flexibility index (Phi) is 3.29. The van der Waals surface area contributed by atoms with Crippen LogP contribution in [0.4, 0.5) is 5.95 Å². The minimum absolute atomic E-state index is 0.291. The molecule has 4 heteroatoms. The number of aryl methyl sites for hydroxylation is 1. The second kappa shape index (κ2) is 4.70. The summed E-state index contributed by atoms with van der Waals surface area (Å²) in [5.74, 6) is 1.05. The Bertz CT molecular complexity index is 369. The van der Waals surface area contributed by atoms with E-state index in [0.29, 0.717) is 6.04 Å². The van der Waals surface area contributed by atoms with Gasteiger partial charge in [0, 0.05) is 31.9 Å². The third-order valence-corrected chi connectivity index (χ3v) is 3.00. The Labute approximate surface area is 96.8 Å². The average molecular weight is 220 g/mol. The van der Waals surface area contributed by atoms with Crippen molar-refractivity contribution in [2.45, 2.75) is 32.4 Å². The molecule has 1 aliphatic heterocycles. The molecule has 0 aromatic carbocycles. The van der Waals surface area contributed by atoms with E-state index in [2.05, 4.69) is 34.2 Å². The van der Waals surface area contributed by atoms with Crippen molar-refractivity contribution in [3.05, 3.63) is 24.5 Å². The van der Waals surface area contributed by atoms with Gasteiger partial charge in [-0.15, -0.1) is 6.58 Å². The van der Waals surface area contributed by atoms with E-state index in [1.807, 2.05) is 6.08 Å². The molecule has 1 fully saturated rings. The summed E-state index contributed by atoms with van der Waals surface area (Å²) in [4.78, 5) is 6.92. The maximum atomic E-state index is 5.93. The van der Waals surface area contributed by atoms with Crippen molar-refractivity contribution in [1.29, 1.82) is 0 Å². The van der Waals surface area contributed by atoms with Crippen LogP contribution >= 0.6 is 0 Å². The number of nitrogens with zero attached hydrogens (tertiary/aromatic N) is 3. The van der Waals surface area contributed by atoms with Crippen LogP contribution in [0.3, 0.4) is 0 Å². The molecule has 4 nitrogen and oxygen atoms in total. The fraction of sp³-hybridized carbons (Fsp3) is 0.583. The molecule has 0 aliphatic carbocycles. The van der Waals surface area contributed by atoms with E-state index in [1.54, 1.807) is 0 Å². The van der Waals surface area contributed by atoms with Crippen molar-refractivity contribution < 1.29 is 0 Å². The Hall–Kier alpha value is -1.29. The summed E-state index contributed by atoms with van der Waals surface area (Å²) in [5, 5.41) is 0. The molecule has 16 heavy (non-hydrogen) atoms. The van der Waals surface area contributed by atoms with Gasteiger partial charge in [0.2, 0.25) is 5.95 Å². The van der Waals surface area contributed by atoms with Crippen molar-refractivity contribution in [3.8, 4) is 0 Å². The Balaban J connectivity index is 2.23. The van der Waals surface area contributed by atoms with Crippen LogP contribution in [0.15, 0.2) is 18.9 Å². The molecule has 1 unspecified atom stereocenters. The summed E-state index contributed by atoms with van der Waals surface area (Å²) in [6.07, 6.45) is 6.04. The molecule has 0 radical (unpaired) electrons. The summed E-state index contributed by atoms with van der Waals surface area (Å²) < 4.78 is 2.16. The van der Waals surface area contributed by atoms with Crippen LogP contribution in [0.2, 0.25) is 0 Å². The quantitative estimate of drug-likeness (QED) is 0.775. The zero-order valence-electron chi connectivity index (χ0n) is 9.89. The first kappa shape index (κ1) is 11.2. The van der Waals surface area contributed by atoms with E-state index < -0.39 is 0 Å². The number of hydrogen-bond acceptors (Lipinski definition) is 3. The molecular formula is C12H20N4. The Morgan fingerprint density at radius 3 is 3.06 bits per heavy atom. The molecule has 2 heterocycles. The van der Waals surface area contributed by atoms with E-state index in [1.165, 1.54) is 0 Å². The first-order chi connectivity index (χ1) is 7.74. The molecule has 88 valence electrons. The van der Waals surface area contributed by atoms with Crippen LogP contribution in [0.25, 0.3) is 0 Å². The Morgan fingerprint density at radius 2 is 2.50 bits per heavy atom. The molecule has 1 aromatic heterocycles. The van der Waals surface area contributed by atoms with Crippen LogP contribution < -0.4 is 10.6 Å². The van der Waals surface area contributed by atoms with Gasteiger partial charge in [0.05, 0.1) is 5.69 Å². The Morgan fingerprint density at radius 1 is 1.69 bits per heavy atom. The van der Waals surface area contributed by atoms with Gasteiger partial charge in [-0.2, -0.15) is 0 Å². The number of rotatable bonds is 4. The molecule has 0 amide bonds. The number of hydrogen-bond donors (Lipinski definition) is 1. The zero-order chi connectivity index (χ0) is 11.5. The van der Waals surface area contributed by atoms with Gasteiger partial charge in [0.1, 0.15) is 0 Å². The smallest absolute Gasteiger partial charge is 0.206 e. The fourth-order valence-electron chi connectivity index (χ4n) is 2.12. The molecule has 2 rings (SSSR count). The van der Waals surface area contributed by atoms with Crippen molar-refractivity contribution in [1.82, 2.24) is 9.55 Å². The lowest BCUT2D eigenvalue weighted by molar-refractivity contribution is 0.739. The predicted molar refractivity (Wildman–Crippen MR) is 66.6 cm³/mol. The van der Waals surface area contributed by atoms with Gasteiger partial charge >= 0.3 is 0 Å². The third-order valence-electron chi connectivity index (χ3n) is 3.00. The minimum atomic E-state index is 0.291. The van der Waals surface area contributed by atoms with Crippen LogP contribution in [-0.4, -0.2) is 28.7 Å². The standard InChI is InChI=1S/C12H20N4/c1-3-6-15-9-11(4-2)14-12(15)16-7-5-10(13)8-16/h3,9-10H,1,4-8,13H2,2H3. The number of allylic oxidation sites excluding steroid dienone is 1. The van der Waals surface area contributed by atoms with E-state index in [4.69, 9.17) is 5.73 Å². The lowest BCUT2D eigenvalue weighted by Crippen LogP contribution is -2.28. The van der Waals surface area contributed by atoms with E-state index in [0.717, 1.165) is 44.1 Å². The fourth-order valence-corrected chi connectivity index (χ4v) is 2.12. The van der Waals surface area contributed by atoms with Gasteiger partial charge in [-0.1, -0.05) is 13.0 Å². The lowest BCUT2D eigenvalue weighted by Gasteiger charge is -2.17. The minimum Gasteiger partial charge on any atom is -0.341 e. The van der Waals surface area contributed by atoms with E-state index in [9.17, 15) is 0 Å². The van der Waals surface area contributed by atoms with Gasteiger partial charge in [0.15, 0.2) is 0 Å². The molecular weight excluding hydrogens is 200 g/mol. The summed E-state index contributed by atoms with van der Waals surface area (Å²) in [6.45, 7) is 8.65. The van der Waals surface area contributed by atoms with Crippen molar-refractivity contribution >= 4 is 5.95 Å². The number of aromatic nitrogens is 2. The normalized spacial score (nSPS) is 20.4. The molecule has 1 atom stereocenters. The van der Waals surface area contributed by atoms with Gasteiger partial charge in [-0.05, 0) is 12.8 Å². The van der Waals surface area contributed by atoms with Gasteiger partial charge in [0.25, 0.3) is 0 Å². The topological polar surface area (TPSA) is 47.1 Å². The van der Waals surface area contributed by atoms with Crippen LogP contribution in [0.1, 0.15) is 19.0 Å². The summed E-state index contributed by atoms with van der Waals surface area (Å²) >= 11 is 0. The lowest BCUT2D eigenvalue weighted by atomic mass is 10.3. The highest BCUT2D eigenvalue weighted by atomic mass is 15.3. The van der Waals surface area contributed by atoms with Crippen molar-refractivity contribution in [3.63, 3.8) is 0 Å². The highest BCUT2D eigenvalue weighted by Gasteiger charge is 2.23. The molecule has 2 N–H and O–H groups in total. The largest absolute Gasteiger partial charge is 0.341 e. The summed E-state index contributed by atoms with van der Waals surface area (Å²) in [5.41, 5.74) is 7.06. The second-order valence-electron chi connectivity index (χ2n) is 4.32. The van der Waals surface area contributed by atoms with E-state index in [-0.39, 0.29) is 0 Å². The molecule has 0 spiro atoms. The maximum absolute atomic E-state index is 5.93. The molecule has 1 aliphatic rings. The number of imidazole rings is 1. The summed E-state index contributed by atoms with van der Waals surface area (Å²) in [6, 6.07) is 0.291. The molecule has 0 saturated carbocycles. The van der Waals surface area contributed by atoms with Crippen LogP contribution in [0, 0.1) is 0 Å². The first-order valence-electron chi connectivity index (χ1n) is 5.92. The van der Waals surface area contributed by atoms with Crippen molar-refractivity contribution in [2.75, 3.05) is 18.0 Å². The number of anilines is 1. The highest BCUT2D eigenvalue weighted by Crippen LogP contribution is 2.19. The predicted octanol–water partition coefficient (Wildman–Crippen LogP) is 1.17. The first-order valence-corrected chi connectivity index (χ1v) is 5.92. The molecule has 0 bridgehead atoms. The SMILES string of the molecule is C=CCn1cc(CC)nc1N1CCC(N)C1. The van der Waals surface area contributed by atoms with E-state index >= 15 is 0 Å². The average Bonchev–Trinajstić information content (AvgIpc) is 2.85.